The third-order valence-corrected chi connectivity index (χ3v) is 3.25. The molecule has 0 fully saturated rings. The van der Waals surface area contributed by atoms with Gasteiger partial charge in [-0.25, -0.2) is 0 Å². The molecule has 2 rings (SSSR count). The Balaban J connectivity index is 1.90. The first-order valence-electron chi connectivity index (χ1n) is 6.00. The number of carbonyl (C=O) groups excluding carboxylic acids is 1. The van der Waals surface area contributed by atoms with Crippen molar-refractivity contribution in [3.05, 3.63) is 53.0 Å². The second kappa shape index (κ2) is 6.96. The summed E-state index contributed by atoms with van der Waals surface area (Å²) in [6.45, 7) is -0.0610. The van der Waals surface area contributed by atoms with Crippen LogP contribution in [-0.4, -0.2) is 19.6 Å². The number of hydrogen-bond donors (Lipinski definition) is 1. The monoisotopic (exact) mass is 335 g/mol. The molecule has 0 aliphatic rings. The van der Waals surface area contributed by atoms with E-state index in [9.17, 15) is 4.79 Å². The van der Waals surface area contributed by atoms with Gasteiger partial charge in [-0.15, -0.1) is 0 Å². The number of ether oxygens (including phenoxy) is 2. The van der Waals surface area contributed by atoms with Gasteiger partial charge in [0, 0.05) is 10.5 Å². The molecule has 0 unspecified atom stereocenters. The predicted molar refractivity (Wildman–Crippen MR) is 81.3 cm³/mol. The molecule has 0 bridgehead atoms. The Hall–Kier alpha value is -2.01. The van der Waals surface area contributed by atoms with Crippen LogP contribution in [0.15, 0.2) is 53.0 Å². The number of amides is 1. The Morgan fingerprint density at radius 3 is 2.65 bits per heavy atom. The molecule has 5 heteroatoms. The van der Waals surface area contributed by atoms with Crippen molar-refractivity contribution in [3.8, 4) is 11.5 Å². The molecule has 1 amide bonds. The van der Waals surface area contributed by atoms with Crippen LogP contribution in [0.1, 0.15) is 0 Å². The highest BCUT2D eigenvalue weighted by Crippen LogP contribution is 2.21. The molecular formula is C15H14BrNO3. The van der Waals surface area contributed by atoms with Crippen molar-refractivity contribution in [1.82, 2.24) is 0 Å². The van der Waals surface area contributed by atoms with Gasteiger partial charge < -0.3 is 14.8 Å². The zero-order valence-corrected chi connectivity index (χ0v) is 12.5. The molecule has 0 spiro atoms. The maximum Gasteiger partial charge on any atom is 0.262 e. The maximum atomic E-state index is 11.8. The van der Waals surface area contributed by atoms with Gasteiger partial charge >= 0.3 is 0 Å². The first-order chi connectivity index (χ1) is 9.69. The van der Waals surface area contributed by atoms with Gasteiger partial charge in [-0.05, 0) is 40.2 Å². The maximum absolute atomic E-state index is 11.8. The Kier molecular flexibility index (Phi) is 5.01. The van der Waals surface area contributed by atoms with Crippen LogP contribution in [0.25, 0.3) is 0 Å². The SMILES string of the molecule is COc1cccc(OCC(=O)Nc2ccccc2Br)c1. The zero-order chi connectivity index (χ0) is 14.4. The first kappa shape index (κ1) is 14.4. The van der Waals surface area contributed by atoms with Gasteiger partial charge in [0.05, 0.1) is 12.8 Å². The highest BCUT2D eigenvalue weighted by atomic mass is 79.9. The van der Waals surface area contributed by atoms with Crippen molar-refractivity contribution in [2.24, 2.45) is 0 Å². The first-order valence-corrected chi connectivity index (χ1v) is 6.79. The summed E-state index contributed by atoms with van der Waals surface area (Å²) in [4.78, 5) is 11.8. The second-order valence-corrected chi connectivity index (χ2v) is 4.85. The van der Waals surface area contributed by atoms with Crippen LogP contribution in [-0.2, 0) is 4.79 Å². The molecule has 0 radical (unpaired) electrons. The molecule has 2 aromatic carbocycles. The molecular weight excluding hydrogens is 322 g/mol. The smallest absolute Gasteiger partial charge is 0.262 e. The van der Waals surface area contributed by atoms with E-state index >= 15 is 0 Å². The minimum absolute atomic E-state index is 0.0610. The van der Waals surface area contributed by atoms with Crippen LogP contribution in [0.5, 0.6) is 11.5 Å². The van der Waals surface area contributed by atoms with Crippen molar-refractivity contribution in [2.45, 2.75) is 0 Å². The minimum atomic E-state index is -0.222. The fourth-order valence-corrected chi connectivity index (χ4v) is 1.97. The lowest BCUT2D eigenvalue weighted by atomic mass is 10.3. The summed E-state index contributed by atoms with van der Waals surface area (Å²) in [6, 6.07) is 14.5. The van der Waals surface area contributed by atoms with Gasteiger partial charge in [0.25, 0.3) is 5.91 Å². The third-order valence-electron chi connectivity index (χ3n) is 2.56. The summed E-state index contributed by atoms with van der Waals surface area (Å²) in [5, 5.41) is 2.77. The number of anilines is 1. The van der Waals surface area contributed by atoms with Gasteiger partial charge in [-0.2, -0.15) is 0 Å². The van der Waals surface area contributed by atoms with E-state index in [-0.39, 0.29) is 12.5 Å². The topological polar surface area (TPSA) is 47.6 Å². The van der Waals surface area contributed by atoms with Crippen molar-refractivity contribution >= 4 is 27.5 Å². The lowest BCUT2D eigenvalue weighted by Gasteiger charge is -2.09. The van der Waals surface area contributed by atoms with Crippen LogP contribution >= 0.6 is 15.9 Å². The summed E-state index contributed by atoms with van der Waals surface area (Å²) < 4.78 is 11.3. The molecule has 1 N–H and O–H groups in total. The van der Waals surface area contributed by atoms with Gasteiger partial charge in [-0.1, -0.05) is 18.2 Å². The standard InChI is InChI=1S/C15H14BrNO3/c1-19-11-5-4-6-12(9-11)20-10-15(18)17-14-8-3-2-7-13(14)16/h2-9H,10H2,1H3,(H,17,18). The molecule has 0 saturated heterocycles. The normalized spacial score (nSPS) is 9.90. The number of para-hydroxylation sites is 1. The molecule has 2 aromatic rings. The summed E-state index contributed by atoms with van der Waals surface area (Å²) >= 11 is 3.37. The lowest BCUT2D eigenvalue weighted by molar-refractivity contribution is -0.118. The molecule has 0 saturated carbocycles. The Morgan fingerprint density at radius 2 is 1.90 bits per heavy atom. The van der Waals surface area contributed by atoms with Crippen LogP contribution in [0.3, 0.4) is 0 Å². The molecule has 4 nitrogen and oxygen atoms in total. The lowest BCUT2D eigenvalue weighted by Crippen LogP contribution is -2.20. The number of hydrogen-bond acceptors (Lipinski definition) is 3. The van der Waals surface area contributed by atoms with Crippen molar-refractivity contribution in [3.63, 3.8) is 0 Å². The number of carbonyl (C=O) groups is 1. The van der Waals surface area contributed by atoms with E-state index in [2.05, 4.69) is 21.2 Å². The fourth-order valence-electron chi connectivity index (χ4n) is 1.59. The van der Waals surface area contributed by atoms with Crippen molar-refractivity contribution in [2.75, 3.05) is 19.0 Å². The average molecular weight is 336 g/mol. The molecule has 104 valence electrons. The van der Waals surface area contributed by atoms with Crippen molar-refractivity contribution < 1.29 is 14.3 Å². The van der Waals surface area contributed by atoms with Crippen LogP contribution in [0.4, 0.5) is 5.69 Å². The van der Waals surface area contributed by atoms with Gasteiger partial charge in [0.1, 0.15) is 11.5 Å². The quantitative estimate of drug-likeness (QED) is 0.909. The van der Waals surface area contributed by atoms with Gasteiger partial charge in [0.15, 0.2) is 6.61 Å². The van der Waals surface area contributed by atoms with Crippen LogP contribution < -0.4 is 14.8 Å². The van der Waals surface area contributed by atoms with E-state index in [1.807, 2.05) is 30.3 Å². The van der Waals surface area contributed by atoms with E-state index < -0.39 is 0 Å². The fraction of sp³-hybridized carbons (Fsp3) is 0.133. The van der Waals surface area contributed by atoms with E-state index in [0.717, 1.165) is 4.47 Å². The van der Waals surface area contributed by atoms with Crippen LogP contribution in [0, 0.1) is 0 Å². The summed E-state index contributed by atoms with van der Waals surface area (Å²) in [5.41, 5.74) is 0.715. The molecule has 0 heterocycles. The zero-order valence-electron chi connectivity index (χ0n) is 10.9. The average Bonchev–Trinajstić information content (AvgIpc) is 2.48. The number of methoxy groups -OCH3 is 1. The number of rotatable bonds is 5. The second-order valence-electron chi connectivity index (χ2n) is 4.00. The highest BCUT2D eigenvalue weighted by molar-refractivity contribution is 9.10. The van der Waals surface area contributed by atoms with E-state index in [1.165, 1.54) is 0 Å². The molecule has 0 aliphatic heterocycles. The Bertz CT molecular complexity index is 601. The summed E-state index contributed by atoms with van der Waals surface area (Å²) in [5.74, 6) is 1.06. The minimum Gasteiger partial charge on any atom is -0.497 e. The van der Waals surface area contributed by atoms with Crippen LogP contribution in [0.2, 0.25) is 0 Å². The highest BCUT2D eigenvalue weighted by Gasteiger charge is 2.06. The summed E-state index contributed by atoms with van der Waals surface area (Å²) in [6.07, 6.45) is 0. The predicted octanol–water partition coefficient (Wildman–Crippen LogP) is 3.48. The van der Waals surface area contributed by atoms with Gasteiger partial charge in [-0.3, -0.25) is 4.79 Å². The molecule has 0 atom stereocenters. The number of halogens is 1. The van der Waals surface area contributed by atoms with E-state index in [1.54, 1.807) is 25.3 Å². The Morgan fingerprint density at radius 1 is 1.15 bits per heavy atom. The van der Waals surface area contributed by atoms with Crippen molar-refractivity contribution in [1.29, 1.82) is 0 Å². The molecule has 20 heavy (non-hydrogen) atoms. The summed E-state index contributed by atoms with van der Waals surface area (Å²) in [7, 11) is 1.58. The largest absolute Gasteiger partial charge is 0.497 e. The third kappa shape index (κ3) is 3.99. The van der Waals surface area contributed by atoms with Gasteiger partial charge in [0.2, 0.25) is 0 Å². The molecule has 0 aliphatic carbocycles. The Labute approximate surface area is 125 Å². The number of nitrogens with one attached hydrogen (secondary N) is 1. The number of benzene rings is 2. The van der Waals surface area contributed by atoms with E-state index in [4.69, 9.17) is 9.47 Å². The van der Waals surface area contributed by atoms with E-state index in [0.29, 0.717) is 17.2 Å². The molecule has 0 aromatic heterocycles.